The Morgan fingerprint density at radius 1 is 1.24 bits per heavy atom. The molecule has 0 atom stereocenters. The molecule has 0 radical (unpaired) electrons. The predicted octanol–water partition coefficient (Wildman–Crippen LogP) is 3.07. The lowest BCUT2D eigenvalue weighted by molar-refractivity contribution is 0.266. The molecule has 0 aliphatic rings. The van der Waals surface area contributed by atoms with Crippen molar-refractivity contribution in [2.45, 2.75) is 32.5 Å². The summed E-state index contributed by atoms with van der Waals surface area (Å²) in [6.07, 6.45) is -0.636. The number of aromatic nitrogens is 7. The van der Waals surface area contributed by atoms with E-state index < -0.39 is 84.8 Å². The number of nitrogens with zero attached hydrogens (tertiary/aromatic N) is 7. The van der Waals surface area contributed by atoms with Gasteiger partial charge < -0.3 is 4.74 Å². The maximum absolute atomic E-state index is 14.6. The Bertz CT molecular complexity index is 1590. The van der Waals surface area contributed by atoms with E-state index in [9.17, 15) is 8.78 Å². The lowest BCUT2D eigenvalue weighted by Gasteiger charge is -2.21. The highest BCUT2D eigenvalue weighted by Crippen LogP contribution is 2.32. The molecule has 4 rings (SSSR count). The molecule has 0 saturated carbocycles. The zero-order valence-electron chi connectivity index (χ0n) is 26.6. The van der Waals surface area contributed by atoms with Crippen LogP contribution in [0.2, 0.25) is 0 Å². The second kappa shape index (κ2) is 6.87. The minimum Gasteiger partial charge on any atom is -0.468 e. The Morgan fingerprint density at radius 2 is 2.07 bits per heavy atom. The number of benzene rings is 1. The van der Waals surface area contributed by atoms with E-state index in [1.807, 2.05) is 0 Å². The van der Waals surface area contributed by atoms with Crippen molar-refractivity contribution in [2.75, 3.05) is 0 Å². The van der Waals surface area contributed by atoms with E-state index in [1.54, 1.807) is 0 Å². The molecule has 0 spiro atoms. The summed E-state index contributed by atoms with van der Waals surface area (Å²) in [5.41, 5.74) is -5.85. The molecule has 150 valence electrons. The minimum absolute atomic E-state index is 0.493. The van der Waals surface area contributed by atoms with Crippen LogP contribution in [0.25, 0.3) is 17.0 Å². The van der Waals surface area contributed by atoms with Gasteiger partial charge in [-0.3, -0.25) is 4.68 Å². The standard InChI is InChI=1S/C19H19F2N7O/c1-19(2,3)13-8-15-24-25-17(12-7-11(20)5-6-14(12)21)28(15)26-18(13)29-9-16-22-10-23-27(16)4/h5-8,10H,9H2,1-4H3/i1D3,2D3,3D3,9D2,10D. The van der Waals surface area contributed by atoms with Gasteiger partial charge in [-0.15, -0.1) is 15.3 Å². The first kappa shape index (κ1) is 9.38. The van der Waals surface area contributed by atoms with Gasteiger partial charge in [0, 0.05) is 24.9 Å². The molecular formula is C19H19F2N7O. The van der Waals surface area contributed by atoms with Gasteiger partial charge in [-0.25, -0.2) is 13.8 Å². The third-order valence-electron chi connectivity index (χ3n) is 3.83. The lowest BCUT2D eigenvalue weighted by Crippen LogP contribution is -2.17. The smallest absolute Gasteiger partial charge is 0.236 e. The Kier molecular flexibility index (Phi) is 2.22. The first-order valence-corrected chi connectivity index (χ1v) is 7.91. The van der Waals surface area contributed by atoms with Gasteiger partial charge >= 0.3 is 0 Å². The Balaban J connectivity index is 2.13. The fourth-order valence-electron chi connectivity index (χ4n) is 2.44. The van der Waals surface area contributed by atoms with E-state index >= 15 is 0 Å². The Hall–Kier alpha value is -3.43. The van der Waals surface area contributed by atoms with Crippen molar-refractivity contribution in [3.8, 4) is 17.3 Å². The molecule has 3 aromatic heterocycles. The summed E-state index contributed by atoms with van der Waals surface area (Å²) in [6.45, 7) is -14.6. The van der Waals surface area contributed by atoms with Crippen LogP contribution in [0.3, 0.4) is 0 Å². The topological polar surface area (TPSA) is 83.0 Å². The van der Waals surface area contributed by atoms with Gasteiger partial charge in [0.15, 0.2) is 17.3 Å². The number of ether oxygens (including phenoxy) is 1. The van der Waals surface area contributed by atoms with Crippen LogP contribution in [-0.2, 0) is 19.0 Å². The fraction of sp³-hybridized carbons (Fsp3) is 0.316. The highest BCUT2D eigenvalue weighted by molar-refractivity contribution is 5.60. The molecular weight excluding hydrogens is 380 g/mol. The highest BCUT2D eigenvalue weighted by Gasteiger charge is 2.24. The number of halogens is 2. The first-order valence-electron chi connectivity index (χ1n) is 13.9. The van der Waals surface area contributed by atoms with Crippen molar-refractivity contribution >= 4 is 5.65 Å². The van der Waals surface area contributed by atoms with Gasteiger partial charge in [-0.2, -0.15) is 9.61 Å². The van der Waals surface area contributed by atoms with E-state index in [1.165, 1.54) is 7.05 Å². The van der Waals surface area contributed by atoms with Gasteiger partial charge in [0.25, 0.3) is 0 Å². The molecule has 0 bridgehead atoms. The zero-order valence-corrected chi connectivity index (χ0v) is 14.6. The summed E-state index contributed by atoms with van der Waals surface area (Å²) in [7, 11) is 1.20. The van der Waals surface area contributed by atoms with Gasteiger partial charge in [-0.1, -0.05) is 20.6 Å². The SMILES string of the molecule is [2H]c1nc(C([2H])([2H])Oc2nn3c(-c4cc(F)ccc4F)nnc3cc2C(C([2H])([2H])[2H])(C([2H])([2H])[2H])C([2H])([2H])[2H])n(C)n1. The van der Waals surface area contributed by atoms with Gasteiger partial charge in [0.1, 0.15) is 25.9 Å². The second-order valence-corrected chi connectivity index (χ2v) is 5.89. The average Bonchev–Trinajstić information content (AvgIpc) is 3.35. The van der Waals surface area contributed by atoms with Gasteiger partial charge in [-0.05, 0) is 29.7 Å². The van der Waals surface area contributed by atoms with Crippen LogP contribution < -0.4 is 4.74 Å². The van der Waals surface area contributed by atoms with Crippen molar-refractivity contribution in [1.29, 1.82) is 0 Å². The summed E-state index contributed by atoms with van der Waals surface area (Å²) in [6, 6.07) is 2.97. The van der Waals surface area contributed by atoms with Gasteiger partial charge in [0.05, 0.1) is 8.30 Å². The van der Waals surface area contributed by atoms with Crippen LogP contribution >= 0.6 is 0 Å². The third-order valence-corrected chi connectivity index (χ3v) is 3.83. The molecule has 1 aromatic carbocycles. The molecule has 4 aromatic rings. The normalized spacial score (nSPS) is 19.8. The van der Waals surface area contributed by atoms with E-state index in [-0.39, 0.29) is 0 Å². The summed E-state index contributed by atoms with van der Waals surface area (Å²) in [5.74, 6) is -4.21. The maximum atomic E-state index is 14.6. The molecule has 8 nitrogen and oxygen atoms in total. The molecule has 0 fully saturated rings. The lowest BCUT2D eigenvalue weighted by atomic mass is 9.88. The maximum Gasteiger partial charge on any atom is 0.236 e. The quantitative estimate of drug-likeness (QED) is 0.513. The highest BCUT2D eigenvalue weighted by atomic mass is 19.1. The number of rotatable bonds is 4. The van der Waals surface area contributed by atoms with Crippen LogP contribution in [0.15, 0.2) is 30.6 Å². The number of hydrogen-bond acceptors (Lipinski definition) is 6. The van der Waals surface area contributed by atoms with Crippen molar-refractivity contribution < 1.29 is 30.0 Å². The summed E-state index contributed by atoms with van der Waals surface area (Å²) in [4.78, 5) is 3.59. The molecule has 0 N–H and O–H groups in total. The Labute approximate surface area is 182 Å². The van der Waals surface area contributed by atoms with Crippen LogP contribution in [0.1, 0.15) is 48.4 Å². The number of hydrogen-bond donors (Lipinski definition) is 0. The van der Waals surface area contributed by atoms with Crippen LogP contribution in [0, 0.1) is 11.6 Å². The largest absolute Gasteiger partial charge is 0.468 e. The fourth-order valence-corrected chi connectivity index (χ4v) is 2.44. The molecule has 0 amide bonds. The zero-order chi connectivity index (χ0) is 30.9. The van der Waals surface area contributed by atoms with Crippen LogP contribution in [0.4, 0.5) is 8.78 Å². The van der Waals surface area contributed by atoms with Crippen LogP contribution in [0.5, 0.6) is 5.88 Å². The average molecular weight is 411 g/mol. The molecule has 0 aliphatic heterocycles. The van der Waals surface area contributed by atoms with Crippen molar-refractivity contribution in [3.63, 3.8) is 0 Å². The second-order valence-electron chi connectivity index (χ2n) is 5.89. The summed E-state index contributed by atoms with van der Waals surface area (Å²) < 4.78 is 132. The van der Waals surface area contributed by atoms with Crippen LogP contribution in [-0.4, -0.2) is 34.6 Å². The summed E-state index contributed by atoms with van der Waals surface area (Å²) in [5, 5.41) is 14.9. The van der Waals surface area contributed by atoms with E-state index in [0.717, 1.165) is 22.9 Å². The van der Waals surface area contributed by atoms with E-state index in [4.69, 9.17) is 21.2 Å². The van der Waals surface area contributed by atoms with Crippen molar-refractivity contribution in [2.24, 2.45) is 7.05 Å². The number of fused-ring (bicyclic) bond motifs is 1. The molecule has 0 saturated heterocycles. The molecule has 0 aliphatic carbocycles. The molecule has 3 heterocycles. The van der Waals surface area contributed by atoms with Crippen molar-refractivity contribution in [1.82, 2.24) is 34.6 Å². The monoisotopic (exact) mass is 411 g/mol. The Morgan fingerprint density at radius 3 is 2.79 bits per heavy atom. The number of aryl methyl sites for hydroxylation is 1. The van der Waals surface area contributed by atoms with Gasteiger partial charge in [0.2, 0.25) is 5.88 Å². The molecule has 0 unspecified atom stereocenters. The van der Waals surface area contributed by atoms with Crippen molar-refractivity contribution in [3.05, 3.63) is 53.6 Å². The minimum atomic E-state index is -3.81. The third kappa shape index (κ3) is 3.53. The molecule has 10 heteroatoms. The van der Waals surface area contributed by atoms with E-state index in [2.05, 4.69) is 25.4 Å². The summed E-state index contributed by atoms with van der Waals surface area (Å²) >= 11 is 0. The first-order chi connectivity index (χ1) is 18.6. The predicted molar refractivity (Wildman–Crippen MR) is 100 cm³/mol. The van der Waals surface area contributed by atoms with E-state index in [0.29, 0.717) is 10.6 Å². The molecule has 29 heavy (non-hydrogen) atoms.